The van der Waals surface area contributed by atoms with Crippen LogP contribution in [0.4, 0.5) is 0 Å². The Kier molecular flexibility index (Phi) is 59.9. The minimum Gasteiger partial charge on any atom is -0.0859 e. The zero-order valence-electron chi connectivity index (χ0n) is 12.9. The Balaban J connectivity index is -0.0000000726. The normalized spacial score (nSPS) is 8.47. The van der Waals surface area contributed by atoms with Gasteiger partial charge in [-0.15, -0.1) is 0 Å². The molecule has 0 aromatic carbocycles. The molecule has 0 unspecified atom stereocenters. The first-order chi connectivity index (χ1) is 7.22. The fourth-order valence-electron chi connectivity index (χ4n) is 0.845. The van der Waals surface area contributed by atoms with E-state index in [9.17, 15) is 0 Å². The van der Waals surface area contributed by atoms with Crippen molar-refractivity contribution in [1.82, 2.24) is 0 Å². The summed E-state index contributed by atoms with van der Waals surface area (Å²) in [6.07, 6.45) is 7.28. The van der Waals surface area contributed by atoms with Crippen molar-refractivity contribution in [3.63, 3.8) is 0 Å². The van der Waals surface area contributed by atoms with Crippen molar-refractivity contribution in [2.45, 2.75) is 88.0 Å². The van der Waals surface area contributed by atoms with Crippen LogP contribution in [0.2, 0.25) is 0 Å². The van der Waals surface area contributed by atoms with E-state index in [4.69, 9.17) is 0 Å². The summed E-state index contributed by atoms with van der Waals surface area (Å²) < 4.78 is 0. The number of hydrogen-bond acceptors (Lipinski definition) is 0. The van der Waals surface area contributed by atoms with Crippen molar-refractivity contribution in [2.24, 2.45) is 0 Å². The maximum Gasteiger partial charge on any atom is -0.0326 e. The Morgan fingerprint density at radius 2 is 1.20 bits per heavy atom. The average Bonchev–Trinajstić information content (AvgIpc) is 2.26. The molecule has 0 saturated carbocycles. The lowest BCUT2D eigenvalue weighted by Crippen LogP contribution is -1.72. The highest BCUT2D eigenvalue weighted by molar-refractivity contribution is 4.96. The maximum absolute atomic E-state index is 2.30. The summed E-state index contributed by atoms with van der Waals surface area (Å²) in [4.78, 5) is 0. The van der Waals surface area contributed by atoms with Gasteiger partial charge in [-0.05, 0) is 19.8 Å². The van der Waals surface area contributed by atoms with E-state index in [0.717, 1.165) is 0 Å². The van der Waals surface area contributed by atoms with Crippen LogP contribution in [0.3, 0.4) is 0 Å². The van der Waals surface area contributed by atoms with Gasteiger partial charge in [-0.1, -0.05) is 79.9 Å². The van der Waals surface area contributed by atoms with E-state index >= 15 is 0 Å². The minimum absolute atomic E-state index is 1.19. The number of rotatable bonds is 3. The minimum atomic E-state index is 1.19. The number of hydrogen-bond donors (Lipinski definition) is 0. The molecule has 0 aromatic heterocycles. The van der Waals surface area contributed by atoms with Gasteiger partial charge in [0.1, 0.15) is 0 Å². The molecule has 0 saturated heterocycles. The molecule has 0 rings (SSSR count). The second kappa shape index (κ2) is 37.2. The van der Waals surface area contributed by atoms with Crippen molar-refractivity contribution >= 4 is 0 Å². The second-order valence-corrected chi connectivity index (χ2v) is 2.92. The molecule has 0 aliphatic rings. The quantitative estimate of drug-likeness (QED) is 0.465. The van der Waals surface area contributed by atoms with Gasteiger partial charge in [0, 0.05) is 0 Å². The summed E-state index contributed by atoms with van der Waals surface area (Å²) >= 11 is 0. The molecule has 96 valence electrons. The first-order valence-corrected chi connectivity index (χ1v) is 6.88. The van der Waals surface area contributed by atoms with Gasteiger partial charge in [0.2, 0.25) is 0 Å². The highest BCUT2D eigenvalue weighted by Gasteiger charge is 1.82. The Hall–Kier alpha value is -0.260. The third-order valence-electron chi connectivity index (χ3n) is 1.20. The fourth-order valence-corrected chi connectivity index (χ4v) is 0.845. The van der Waals surface area contributed by atoms with Crippen LogP contribution in [0, 0.1) is 0 Å². The Labute approximate surface area is 100 Å². The zero-order chi connectivity index (χ0) is 13.1. The molecule has 0 nitrogen and oxygen atoms in total. The first-order valence-electron chi connectivity index (χ1n) is 6.88. The Morgan fingerprint density at radius 1 is 0.867 bits per heavy atom. The molecule has 0 spiro atoms. The second-order valence-electron chi connectivity index (χ2n) is 2.92. The van der Waals surface area contributed by atoms with Crippen LogP contribution in [0.15, 0.2) is 11.6 Å². The highest BCUT2D eigenvalue weighted by atomic mass is 13.9. The molecule has 0 amide bonds. The molecule has 0 aliphatic carbocycles. The fraction of sp³-hybridized carbons (Fsp3) is 0.867. The van der Waals surface area contributed by atoms with Crippen molar-refractivity contribution in [3.05, 3.63) is 11.6 Å². The first kappa shape index (κ1) is 24.1. The molecule has 0 heterocycles. The third kappa shape index (κ3) is 57.5. The predicted molar refractivity (Wildman–Crippen MR) is 77.6 cm³/mol. The Morgan fingerprint density at radius 3 is 1.40 bits per heavy atom. The Bertz CT molecular complexity index is 80.0. The summed E-state index contributed by atoms with van der Waals surface area (Å²) in [6, 6.07) is 0. The van der Waals surface area contributed by atoms with Crippen LogP contribution < -0.4 is 0 Å². The van der Waals surface area contributed by atoms with Crippen LogP contribution in [-0.4, -0.2) is 0 Å². The van der Waals surface area contributed by atoms with Crippen molar-refractivity contribution < 1.29 is 0 Å². The summed E-state index contributed by atoms with van der Waals surface area (Å²) in [5.41, 5.74) is 1.54. The highest BCUT2D eigenvalue weighted by Crippen LogP contribution is 2.02. The van der Waals surface area contributed by atoms with E-state index in [2.05, 4.69) is 40.7 Å². The van der Waals surface area contributed by atoms with E-state index in [1.54, 1.807) is 0 Å². The lowest BCUT2D eigenvalue weighted by Gasteiger charge is -1.93. The van der Waals surface area contributed by atoms with E-state index in [0.29, 0.717) is 0 Å². The smallest absolute Gasteiger partial charge is 0.0326 e. The topological polar surface area (TPSA) is 0 Å². The van der Waals surface area contributed by atoms with Crippen LogP contribution in [0.5, 0.6) is 0 Å². The van der Waals surface area contributed by atoms with Gasteiger partial charge in [0.15, 0.2) is 0 Å². The molecular weight excluding hydrogens is 180 g/mol. The van der Waals surface area contributed by atoms with E-state index in [1.807, 2.05) is 27.7 Å². The number of allylic oxidation sites excluding steroid dienone is 2. The summed E-state index contributed by atoms with van der Waals surface area (Å²) in [5, 5.41) is 0. The summed E-state index contributed by atoms with van der Waals surface area (Å²) in [7, 11) is 0. The molecule has 0 aliphatic heterocycles. The van der Waals surface area contributed by atoms with E-state index in [-0.39, 0.29) is 0 Å². The maximum atomic E-state index is 2.30. The van der Waals surface area contributed by atoms with Crippen LogP contribution in [-0.2, 0) is 0 Å². The molecule has 0 bridgehead atoms. The largest absolute Gasteiger partial charge is 0.0859 e. The van der Waals surface area contributed by atoms with E-state index < -0.39 is 0 Å². The molecule has 0 aromatic rings. The van der Waals surface area contributed by atoms with Crippen molar-refractivity contribution in [3.8, 4) is 0 Å². The van der Waals surface area contributed by atoms with Crippen LogP contribution in [0.25, 0.3) is 0 Å². The lowest BCUT2D eigenvalue weighted by atomic mass is 10.1. The standard InChI is InChI=1S/C8H16.C3H8.2C2H6/c1-4-6-8(3)7-5-2;1-3-2;2*1-2/h6H,4-5,7H2,1-3H3;3H2,1-2H3;2*1-2H3/b8-6-;;;. The van der Waals surface area contributed by atoms with Crippen LogP contribution >= 0.6 is 0 Å². The lowest BCUT2D eigenvalue weighted by molar-refractivity contribution is 0.896. The molecule has 0 radical (unpaired) electrons. The average molecular weight is 216 g/mol. The van der Waals surface area contributed by atoms with Crippen molar-refractivity contribution in [1.29, 1.82) is 0 Å². The van der Waals surface area contributed by atoms with E-state index in [1.165, 1.54) is 31.3 Å². The van der Waals surface area contributed by atoms with Crippen LogP contribution in [0.1, 0.15) is 88.0 Å². The molecule has 0 fully saturated rings. The molecular formula is C15H36. The van der Waals surface area contributed by atoms with Gasteiger partial charge in [0.25, 0.3) is 0 Å². The van der Waals surface area contributed by atoms with Gasteiger partial charge in [0.05, 0.1) is 0 Å². The SMILES string of the molecule is CC.CC.CC/C=C(/C)CCC.CCC. The molecule has 0 atom stereocenters. The predicted octanol–water partition coefficient (Wildman–Crippen LogP) is 6.61. The zero-order valence-corrected chi connectivity index (χ0v) is 12.9. The summed E-state index contributed by atoms with van der Waals surface area (Å²) in [5.74, 6) is 0. The van der Waals surface area contributed by atoms with Gasteiger partial charge < -0.3 is 0 Å². The molecule has 0 N–H and O–H groups in total. The van der Waals surface area contributed by atoms with Gasteiger partial charge >= 0.3 is 0 Å². The monoisotopic (exact) mass is 216 g/mol. The molecule has 15 heavy (non-hydrogen) atoms. The van der Waals surface area contributed by atoms with Crippen molar-refractivity contribution in [2.75, 3.05) is 0 Å². The van der Waals surface area contributed by atoms with Gasteiger partial charge in [-0.25, -0.2) is 0 Å². The van der Waals surface area contributed by atoms with Gasteiger partial charge in [-0.2, -0.15) is 0 Å². The third-order valence-corrected chi connectivity index (χ3v) is 1.20. The van der Waals surface area contributed by atoms with Gasteiger partial charge in [-0.3, -0.25) is 0 Å². The molecule has 0 heteroatoms. The summed E-state index contributed by atoms with van der Waals surface area (Å²) in [6.45, 7) is 18.8.